The highest BCUT2D eigenvalue weighted by Crippen LogP contribution is 2.28. The average molecular weight is 263 g/mol. The Hall–Kier alpha value is -1.65. The van der Waals surface area contributed by atoms with Gasteiger partial charge in [0.25, 0.3) is 0 Å². The molecule has 0 spiro atoms. The molecule has 104 valence electrons. The molecule has 1 aliphatic carbocycles. The van der Waals surface area contributed by atoms with Crippen molar-refractivity contribution in [2.45, 2.75) is 45.1 Å². The molecule has 0 saturated heterocycles. The van der Waals surface area contributed by atoms with Crippen molar-refractivity contribution in [1.82, 2.24) is 10.2 Å². The molecule has 5 heteroatoms. The number of rotatable bonds is 4. The van der Waals surface area contributed by atoms with E-state index < -0.39 is 5.97 Å². The molecule has 1 aliphatic rings. The molecule has 0 amide bonds. The summed E-state index contributed by atoms with van der Waals surface area (Å²) in [7, 11) is 2.02. The summed E-state index contributed by atoms with van der Waals surface area (Å²) in [6.07, 6.45) is 4.21. The van der Waals surface area contributed by atoms with Gasteiger partial charge in [-0.2, -0.15) is 5.10 Å². The van der Waals surface area contributed by atoms with Gasteiger partial charge in [-0.05, 0) is 44.2 Å². The molecule has 0 atom stereocenters. The van der Waals surface area contributed by atoms with Crippen molar-refractivity contribution in [2.75, 3.05) is 11.9 Å². The van der Waals surface area contributed by atoms with E-state index in [0.29, 0.717) is 6.04 Å². The Morgan fingerprint density at radius 1 is 1.32 bits per heavy atom. The van der Waals surface area contributed by atoms with Gasteiger partial charge < -0.3 is 10.0 Å². The predicted molar refractivity (Wildman–Crippen MR) is 73.2 cm³/mol. The number of carboxylic acid groups (broad SMARTS) is 1. The fourth-order valence-corrected chi connectivity index (χ4v) is 2.63. The first-order valence-electron chi connectivity index (χ1n) is 6.90. The molecule has 0 unspecified atom stereocenters. The molecule has 1 aromatic heterocycles. The molecule has 0 bridgehead atoms. The zero-order valence-corrected chi connectivity index (χ0v) is 11.5. The van der Waals surface area contributed by atoms with Crippen molar-refractivity contribution in [3.8, 4) is 0 Å². The van der Waals surface area contributed by atoms with Crippen LogP contribution in [0.4, 0.5) is 5.82 Å². The van der Waals surface area contributed by atoms with E-state index in [1.165, 1.54) is 0 Å². The zero-order chi connectivity index (χ0) is 13.8. The van der Waals surface area contributed by atoms with Crippen molar-refractivity contribution in [3.05, 3.63) is 17.8 Å². The SMILES string of the molecule is CCc1ccc(N(C)C2CCC(C(=O)O)CC2)nn1. The number of carbonyl (C=O) groups is 1. The minimum absolute atomic E-state index is 0.168. The van der Waals surface area contributed by atoms with E-state index in [2.05, 4.69) is 22.0 Å². The Balaban J connectivity index is 1.96. The first-order valence-corrected chi connectivity index (χ1v) is 6.90. The van der Waals surface area contributed by atoms with Crippen molar-refractivity contribution in [2.24, 2.45) is 5.92 Å². The topological polar surface area (TPSA) is 66.3 Å². The Morgan fingerprint density at radius 3 is 2.47 bits per heavy atom. The number of aryl methyl sites for hydroxylation is 1. The maximum atomic E-state index is 10.9. The van der Waals surface area contributed by atoms with Crippen LogP contribution >= 0.6 is 0 Å². The number of aromatic nitrogens is 2. The number of aliphatic carboxylic acids is 1. The summed E-state index contributed by atoms with van der Waals surface area (Å²) in [4.78, 5) is 13.1. The highest BCUT2D eigenvalue weighted by atomic mass is 16.4. The molecule has 1 saturated carbocycles. The molecule has 19 heavy (non-hydrogen) atoms. The number of hydrogen-bond acceptors (Lipinski definition) is 4. The van der Waals surface area contributed by atoms with Crippen LogP contribution in [0.5, 0.6) is 0 Å². The molecule has 1 aromatic rings. The van der Waals surface area contributed by atoms with E-state index in [1.807, 2.05) is 19.2 Å². The van der Waals surface area contributed by atoms with Crippen LogP contribution in [-0.2, 0) is 11.2 Å². The van der Waals surface area contributed by atoms with Crippen LogP contribution < -0.4 is 4.90 Å². The normalized spacial score (nSPS) is 23.1. The third-order valence-corrected chi connectivity index (χ3v) is 4.02. The Bertz CT molecular complexity index is 425. The molecule has 1 fully saturated rings. The fourth-order valence-electron chi connectivity index (χ4n) is 2.63. The van der Waals surface area contributed by atoms with E-state index in [1.54, 1.807) is 0 Å². The van der Waals surface area contributed by atoms with Crippen molar-refractivity contribution < 1.29 is 9.90 Å². The van der Waals surface area contributed by atoms with Crippen molar-refractivity contribution >= 4 is 11.8 Å². The lowest BCUT2D eigenvalue weighted by Crippen LogP contribution is -2.37. The van der Waals surface area contributed by atoms with Crippen LogP contribution in [0.15, 0.2) is 12.1 Å². The molecule has 2 rings (SSSR count). The third kappa shape index (κ3) is 3.22. The molecule has 0 aromatic carbocycles. The van der Waals surface area contributed by atoms with Crippen molar-refractivity contribution in [3.63, 3.8) is 0 Å². The molecule has 0 aliphatic heterocycles. The van der Waals surface area contributed by atoms with Gasteiger partial charge in [0.1, 0.15) is 0 Å². The minimum atomic E-state index is -0.659. The van der Waals surface area contributed by atoms with E-state index in [4.69, 9.17) is 5.11 Å². The number of carboxylic acids is 1. The first-order chi connectivity index (χ1) is 9.11. The van der Waals surface area contributed by atoms with Crippen LogP contribution in [0.2, 0.25) is 0 Å². The number of hydrogen-bond donors (Lipinski definition) is 1. The van der Waals surface area contributed by atoms with Crippen LogP contribution in [0.25, 0.3) is 0 Å². The lowest BCUT2D eigenvalue weighted by molar-refractivity contribution is -0.142. The maximum Gasteiger partial charge on any atom is 0.306 e. The summed E-state index contributed by atoms with van der Waals surface area (Å²) in [5, 5.41) is 17.4. The second-order valence-electron chi connectivity index (χ2n) is 5.19. The largest absolute Gasteiger partial charge is 0.481 e. The van der Waals surface area contributed by atoms with E-state index in [-0.39, 0.29) is 5.92 Å². The van der Waals surface area contributed by atoms with Gasteiger partial charge in [0.15, 0.2) is 5.82 Å². The van der Waals surface area contributed by atoms with Gasteiger partial charge >= 0.3 is 5.97 Å². The van der Waals surface area contributed by atoms with Gasteiger partial charge in [-0.3, -0.25) is 4.79 Å². The van der Waals surface area contributed by atoms with E-state index in [9.17, 15) is 4.79 Å². The van der Waals surface area contributed by atoms with Gasteiger partial charge in [-0.25, -0.2) is 0 Å². The van der Waals surface area contributed by atoms with Crippen LogP contribution in [-0.4, -0.2) is 34.4 Å². The number of nitrogens with zero attached hydrogens (tertiary/aromatic N) is 3. The Morgan fingerprint density at radius 2 is 2.00 bits per heavy atom. The summed E-state index contributed by atoms with van der Waals surface area (Å²) in [5.41, 5.74) is 0.992. The van der Waals surface area contributed by atoms with E-state index in [0.717, 1.165) is 43.6 Å². The standard InChI is InChI=1S/C14H21N3O2/c1-3-11-6-9-13(16-15-11)17(2)12-7-4-10(5-8-12)14(18)19/h6,9-10,12H,3-5,7-8H2,1-2H3,(H,18,19). The van der Waals surface area contributed by atoms with E-state index >= 15 is 0 Å². The molecule has 1 N–H and O–H groups in total. The van der Waals surface area contributed by atoms with Gasteiger partial charge in [0.2, 0.25) is 0 Å². The second kappa shape index (κ2) is 5.99. The third-order valence-electron chi connectivity index (χ3n) is 4.02. The monoisotopic (exact) mass is 263 g/mol. The highest BCUT2D eigenvalue weighted by molar-refractivity contribution is 5.70. The van der Waals surface area contributed by atoms with Gasteiger partial charge in [0.05, 0.1) is 11.6 Å². The predicted octanol–water partition coefficient (Wildman–Crippen LogP) is 2.12. The second-order valence-corrected chi connectivity index (χ2v) is 5.19. The lowest BCUT2D eigenvalue weighted by Gasteiger charge is -2.33. The number of anilines is 1. The average Bonchev–Trinajstić information content (AvgIpc) is 2.46. The molecular formula is C14H21N3O2. The Kier molecular flexibility index (Phi) is 4.35. The molecule has 5 nitrogen and oxygen atoms in total. The van der Waals surface area contributed by atoms with Crippen LogP contribution in [0.1, 0.15) is 38.3 Å². The maximum absolute atomic E-state index is 10.9. The zero-order valence-electron chi connectivity index (χ0n) is 11.5. The van der Waals surface area contributed by atoms with Crippen LogP contribution in [0.3, 0.4) is 0 Å². The van der Waals surface area contributed by atoms with Gasteiger partial charge in [-0.1, -0.05) is 6.92 Å². The highest BCUT2D eigenvalue weighted by Gasteiger charge is 2.28. The molecule has 0 radical (unpaired) electrons. The van der Waals surface area contributed by atoms with Gasteiger partial charge in [-0.15, -0.1) is 5.10 Å². The summed E-state index contributed by atoms with van der Waals surface area (Å²) < 4.78 is 0. The Labute approximate surface area is 113 Å². The lowest BCUT2D eigenvalue weighted by atomic mass is 9.85. The summed E-state index contributed by atoms with van der Waals surface area (Å²) in [6.45, 7) is 2.06. The summed E-state index contributed by atoms with van der Waals surface area (Å²) in [6, 6.07) is 4.37. The molecule has 1 heterocycles. The summed E-state index contributed by atoms with van der Waals surface area (Å²) in [5.74, 6) is 0.0439. The quantitative estimate of drug-likeness (QED) is 0.901. The summed E-state index contributed by atoms with van der Waals surface area (Å²) >= 11 is 0. The van der Waals surface area contributed by atoms with Crippen LogP contribution in [0, 0.1) is 5.92 Å². The smallest absolute Gasteiger partial charge is 0.306 e. The van der Waals surface area contributed by atoms with Gasteiger partial charge in [0, 0.05) is 13.1 Å². The minimum Gasteiger partial charge on any atom is -0.481 e. The fraction of sp³-hybridized carbons (Fsp3) is 0.643. The van der Waals surface area contributed by atoms with Crippen molar-refractivity contribution in [1.29, 1.82) is 0 Å². The molecular weight excluding hydrogens is 242 g/mol. The first kappa shape index (κ1) is 13.8.